The first-order valence-electron chi connectivity index (χ1n) is 4.83. The Labute approximate surface area is 84.5 Å². The van der Waals surface area contributed by atoms with Crippen LogP contribution in [0.2, 0.25) is 0 Å². The van der Waals surface area contributed by atoms with Crippen LogP contribution in [0.1, 0.15) is 19.4 Å². The molecule has 0 aliphatic heterocycles. The number of nitrogens with two attached hydrogens (primary N) is 1. The maximum Gasteiger partial charge on any atom is 0.161 e. The number of benzene rings is 1. The van der Waals surface area contributed by atoms with E-state index >= 15 is 0 Å². The maximum atomic E-state index is 9.44. The summed E-state index contributed by atoms with van der Waals surface area (Å²) in [5.41, 5.74) is 6.77. The lowest BCUT2D eigenvalue weighted by Crippen LogP contribution is -2.17. The van der Waals surface area contributed by atoms with E-state index in [1.54, 1.807) is 6.07 Å². The van der Waals surface area contributed by atoms with E-state index in [4.69, 9.17) is 10.5 Å². The minimum atomic E-state index is 0.119. The Hall–Kier alpha value is -1.22. The smallest absolute Gasteiger partial charge is 0.161 e. The van der Waals surface area contributed by atoms with Gasteiger partial charge in [-0.3, -0.25) is 0 Å². The molecule has 3 nitrogen and oxygen atoms in total. The Morgan fingerprint density at radius 2 is 2.21 bits per heavy atom. The minimum Gasteiger partial charge on any atom is -0.504 e. The number of phenolic OH excluding ortho intramolecular Hbond substituents is 1. The molecule has 3 N–H and O–H groups in total. The standard InChI is InChI=1S/C11H17NO2/c1-3-14-11-7-9(6-8(2)12)4-5-10(11)13/h4-5,7-8,13H,3,6,12H2,1-2H3/t8-/m1/s1. The molecule has 78 valence electrons. The van der Waals surface area contributed by atoms with Crippen LogP contribution >= 0.6 is 0 Å². The van der Waals surface area contributed by atoms with Gasteiger partial charge in [0, 0.05) is 6.04 Å². The first-order chi connectivity index (χ1) is 6.63. The molecular weight excluding hydrogens is 178 g/mol. The number of ether oxygens (including phenoxy) is 1. The zero-order valence-corrected chi connectivity index (χ0v) is 8.66. The fourth-order valence-corrected chi connectivity index (χ4v) is 1.33. The molecule has 0 unspecified atom stereocenters. The first-order valence-corrected chi connectivity index (χ1v) is 4.83. The minimum absolute atomic E-state index is 0.119. The average Bonchev–Trinajstić information content (AvgIpc) is 2.10. The van der Waals surface area contributed by atoms with E-state index in [0.717, 1.165) is 12.0 Å². The Kier molecular flexibility index (Phi) is 3.77. The second kappa shape index (κ2) is 4.86. The van der Waals surface area contributed by atoms with Crippen LogP contribution in [0.25, 0.3) is 0 Å². The zero-order valence-electron chi connectivity index (χ0n) is 8.66. The number of hydrogen-bond donors (Lipinski definition) is 2. The quantitative estimate of drug-likeness (QED) is 0.768. The second-order valence-corrected chi connectivity index (χ2v) is 3.42. The van der Waals surface area contributed by atoms with Crippen molar-refractivity contribution in [3.05, 3.63) is 23.8 Å². The van der Waals surface area contributed by atoms with Gasteiger partial charge >= 0.3 is 0 Å². The summed E-state index contributed by atoms with van der Waals surface area (Å²) in [6.45, 7) is 4.39. The van der Waals surface area contributed by atoms with Gasteiger partial charge in [0.25, 0.3) is 0 Å². The predicted octanol–water partition coefficient (Wildman–Crippen LogP) is 1.68. The molecule has 0 saturated carbocycles. The van der Waals surface area contributed by atoms with Crippen molar-refractivity contribution in [2.45, 2.75) is 26.3 Å². The molecule has 0 aliphatic carbocycles. The van der Waals surface area contributed by atoms with Crippen molar-refractivity contribution < 1.29 is 9.84 Å². The monoisotopic (exact) mass is 195 g/mol. The van der Waals surface area contributed by atoms with Gasteiger partial charge in [-0.15, -0.1) is 0 Å². The molecule has 0 aromatic heterocycles. The van der Waals surface area contributed by atoms with Gasteiger partial charge in [0.2, 0.25) is 0 Å². The molecule has 0 heterocycles. The van der Waals surface area contributed by atoms with Gasteiger partial charge in [-0.05, 0) is 38.0 Å². The van der Waals surface area contributed by atoms with E-state index in [2.05, 4.69) is 0 Å². The molecule has 0 radical (unpaired) electrons. The molecule has 1 atom stereocenters. The lowest BCUT2D eigenvalue weighted by Gasteiger charge is -2.09. The third-order valence-corrected chi connectivity index (χ3v) is 1.88. The lowest BCUT2D eigenvalue weighted by atomic mass is 10.1. The predicted molar refractivity (Wildman–Crippen MR) is 56.6 cm³/mol. The number of phenols is 1. The van der Waals surface area contributed by atoms with Crippen molar-refractivity contribution in [2.24, 2.45) is 5.73 Å². The average molecular weight is 195 g/mol. The van der Waals surface area contributed by atoms with Crippen LogP contribution in [0, 0.1) is 0 Å². The summed E-state index contributed by atoms with van der Waals surface area (Å²) in [5.74, 6) is 0.714. The zero-order chi connectivity index (χ0) is 10.6. The largest absolute Gasteiger partial charge is 0.504 e. The van der Waals surface area contributed by atoms with Gasteiger partial charge in [-0.2, -0.15) is 0 Å². The summed E-state index contributed by atoms with van der Waals surface area (Å²) >= 11 is 0. The van der Waals surface area contributed by atoms with E-state index in [1.807, 2.05) is 26.0 Å². The van der Waals surface area contributed by atoms with E-state index in [9.17, 15) is 5.11 Å². The van der Waals surface area contributed by atoms with Crippen LogP contribution in [0.5, 0.6) is 11.5 Å². The van der Waals surface area contributed by atoms with E-state index in [1.165, 1.54) is 0 Å². The highest BCUT2D eigenvalue weighted by atomic mass is 16.5. The van der Waals surface area contributed by atoms with Gasteiger partial charge in [0.05, 0.1) is 6.61 Å². The molecule has 1 aromatic carbocycles. The van der Waals surface area contributed by atoms with E-state index in [-0.39, 0.29) is 11.8 Å². The Morgan fingerprint density at radius 3 is 2.79 bits per heavy atom. The molecule has 0 fully saturated rings. The molecule has 1 rings (SSSR count). The molecule has 3 heteroatoms. The first kappa shape index (κ1) is 10.9. The molecule has 0 saturated heterocycles. The van der Waals surface area contributed by atoms with Gasteiger partial charge in [-0.25, -0.2) is 0 Å². The van der Waals surface area contributed by atoms with Gasteiger partial charge in [0.1, 0.15) is 0 Å². The van der Waals surface area contributed by atoms with Crippen LogP contribution < -0.4 is 10.5 Å². The Balaban J connectivity index is 2.83. The van der Waals surface area contributed by atoms with Crippen LogP contribution in [0.3, 0.4) is 0 Å². The van der Waals surface area contributed by atoms with Gasteiger partial charge < -0.3 is 15.6 Å². The van der Waals surface area contributed by atoms with Crippen LogP contribution in [0.4, 0.5) is 0 Å². The molecule has 0 bridgehead atoms. The SMILES string of the molecule is CCOc1cc(C[C@@H](C)N)ccc1O. The highest BCUT2D eigenvalue weighted by Crippen LogP contribution is 2.27. The highest BCUT2D eigenvalue weighted by Gasteiger charge is 2.04. The van der Waals surface area contributed by atoms with Crippen molar-refractivity contribution in [1.82, 2.24) is 0 Å². The number of hydrogen-bond acceptors (Lipinski definition) is 3. The number of aromatic hydroxyl groups is 1. The number of rotatable bonds is 4. The second-order valence-electron chi connectivity index (χ2n) is 3.42. The van der Waals surface area contributed by atoms with Crippen molar-refractivity contribution >= 4 is 0 Å². The Morgan fingerprint density at radius 1 is 1.50 bits per heavy atom. The summed E-state index contributed by atoms with van der Waals surface area (Å²) in [6.07, 6.45) is 0.792. The van der Waals surface area contributed by atoms with Crippen LogP contribution in [0.15, 0.2) is 18.2 Å². The van der Waals surface area contributed by atoms with Crippen LogP contribution in [-0.2, 0) is 6.42 Å². The molecule has 14 heavy (non-hydrogen) atoms. The van der Waals surface area contributed by atoms with Crippen LogP contribution in [-0.4, -0.2) is 17.8 Å². The Bertz CT molecular complexity index is 297. The molecule has 0 amide bonds. The summed E-state index contributed by atoms with van der Waals surface area (Å²) in [5, 5.41) is 9.44. The molecule has 0 aliphatic rings. The summed E-state index contributed by atoms with van der Waals surface area (Å²) < 4.78 is 5.27. The van der Waals surface area contributed by atoms with Gasteiger partial charge in [-0.1, -0.05) is 6.07 Å². The highest BCUT2D eigenvalue weighted by molar-refractivity contribution is 5.42. The third kappa shape index (κ3) is 2.92. The maximum absolute atomic E-state index is 9.44. The summed E-state index contributed by atoms with van der Waals surface area (Å²) in [6, 6.07) is 5.46. The molecule has 1 aromatic rings. The lowest BCUT2D eigenvalue weighted by molar-refractivity contribution is 0.317. The molecule has 0 spiro atoms. The van der Waals surface area contributed by atoms with E-state index in [0.29, 0.717) is 12.4 Å². The van der Waals surface area contributed by atoms with Gasteiger partial charge in [0.15, 0.2) is 11.5 Å². The normalized spacial score (nSPS) is 12.5. The molecular formula is C11H17NO2. The topological polar surface area (TPSA) is 55.5 Å². The van der Waals surface area contributed by atoms with Crippen molar-refractivity contribution in [2.75, 3.05) is 6.61 Å². The summed E-state index contributed by atoms with van der Waals surface area (Å²) in [7, 11) is 0. The van der Waals surface area contributed by atoms with E-state index < -0.39 is 0 Å². The summed E-state index contributed by atoms with van der Waals surface area (Å²) in [4.78, 5) is 0. The third-order valence-electron chi connectivity index (χ3n) is 1.88. The van der Waals surface area contributed by atoms with Crippen molar-refractivity contribution in [3.63, 3.8) is 0 Å². The van der Waals surface area contributed by atoms with Crippen molar-refractivity contribution in [3.8, 4) is 11.5 Å². The fourth-order valence-electron chi connectivity index (χ4n) is 1.33. The van der Waals surface area contributed by atoms with Crippen molar-refractivity contribution in [1.29, 1.82) is 0 Å². The fraction of sp³-hybridized carbons (Fsp3) is 0.455.